The van der Waals surface area contributed by atoms with E-state index in [2.05, 4.69) is 4.72 Å². The van der Waals surface area contributed by atoms with Gasteiger partial charge in [0.25, 0.3) is 0 Å². The molecular formula is C14H23FN2O3S. The summed E-state index contributed by atoms with van der Waals surface area (Å²) in [6, 6.07) is 3.66. The van der Waals surface area contributed by atoms with Gasteiger partial charge in [0.15, 0.2) is 11.6 Å². The Morgan fingerprint density at radius 2 is 2.00 bits per heavy atom. The van der Waals surface area contributed by atoms with Crippen LogP contribution >= 0.6 is 0 Å². The molecule has 1 aromatic carbocycles. The number of ether oxygens (including phenoxy) is 1. The second kappa shape index (κ2) is 7.72. The van der Waals surface area contributed by atoms with Crippen LogP contribution in [-0.4, -0.2) is 46.6 Å². The van der Waals surface area contributed by atoms with E-state index in [9.17, 15) is 12.8 Å². The van der Waals surface area contributed by atoms with Crippen LogP contribution in [0.15, 0.2) is 23.1 Å². The molecule has 1 rings (SSSR count). The summed E-state index contributed by atoms with van der Waals surface area (Å²) < 4.78 is 45.6. The first-order valence-electron chi connectivity index (χ1n) is 6.83. The zero-order chi connectivity index (χ0) is 16.0. The molecule has 0 heterocycles. The van der Waals surface area contributed by atoms with Crippen LogP contribution in [0.2, 0.25) is 0 Å². The van der Waals surface area contributed by atoms with Gasteiger partial charge in [-0.15, -0.1) is 0 Å². The fraction of sp³-hybridized carbons (Fsp3) is 0.571. The SMILES string of the molecule is CC(C)Oc1ccc(S(=O)(=O)NCCCN(C)C)cc1F. The summed E-state index contributed by atoms with van der Waals surface area (Å²) in [5, 5.41) is 0. The van der Waals surface area contributed by atoms with Gasteiger partial charge in [-0.2, -0.15) is 0 Å². The fourth-order valence-corrected chi connectivity index (χ4v) is 2.77. The highest BCUT2D eigenvalue weighted by Gasteiger charge is 2.16. The molecule has 0 fully saturated rings. The maximum atomic E-state index is 13.8. The van der Waals surface area contributed by atoms with E-state index in [1.807, 2.05) is 19.0 Å². The molecule has 1 N–H and O–H groups in total. The maximum Gasteiger partial charge on any atom is 0.240 e. The van der Waals surface area contributed by atoms with E-state index in [0.717, 1.165) is 12.6 Å². The molecule has 0 unspecified atom stereocenters. The van der Waals surface area contributed by atoms with Gasteiger partial charge in [-0.1, -0.05) is 0 Å². The largest absolute Gasteiger partial charge is 0.488 e. The molecule has 0 aromatic heterocycles. The lowest BCUT2D eigenvalue weighted by Crippen LogP contribution is -2.27. The topological polar surface area (TPSA) is 58.6 Å². The molecule has 0 bridgehead atoms. The second-order valence-electron chi connectivity index (χ2n) is 5.31. The number of hydrogen-bond donors (Lipinski definition) is 1. The zero-order valence-corrected chi connectivity index (χ0v) is 13.7. The molecule has 0 saturated carbocycles. The summed E-state index contributed by atoms with van der Waals surface area (Å²) >= 11 is 0. The standard InChI is InChI=1S/C14H23FN2O3S/c1-11(2)20-14-7-6-12(10-13(14)15)21(18,19)16-8-5-9-17(3)4/h6-7,10-11,16H,5,8-9H2,1-4H3. The summed E-state index contributed by atoms with van der Waals surface area (Å²) in [6.07, 6.45) is 0.509. The van der Waals surface area contributed by atoms with Crippen LogP contribution in [0.25, 0.3) is 0 Å². The monoisotopic (exact) mass is 318 g/mol. The van der Waals surface area contributed by atoms with Crippen molar-refractivity contribution in [3.8, 4) is 5.75 Å². The predicted molar refractivity (Wildman–Crippen MR) is 80.5 cm³/mol. The van der Waals surface area contributed by atoms with Gasteiger partial charge in [-0.25, -0.2) is 17.5 Å². The third-order valence-corrected chi connectivity index (χ3v) is 4.11. The molecule has 0 atom stereocenters. The molecule has 0 aliphatic carbocycles. The number of rotatable bonds is 8. The van der Waals surface area contributed by atoms with E-state index in [1.54, 1.807) is 13.8 Å². The third-order valence-electron chi connectivity index (χ3n) is 2.65. The summed E-state index contributed by atoms with van der Waals surface area (Å²) in [4.78, 5) is 1.87. The average molecular weight is 318 g/mol. The van der Waals surface area contributed by atoms with Crippen molar-refractivity contribution in [2.75, 3.05) is 27.2 Å². The Morgan fingerprint density at radius 3 is 2.52 bits per heavy atom. The van der Waals surface area contributed by atoms with Gasteiger partial charge in [-0.3, -0.25) is 0 Å². The number of sulfonamides is 1. The Labute approximate surface area is 126 Å². The molecule has 21 heavy (non-hydrogen) atoms. The van der Waals surface area contributed by atoms with E-state index < -0.39 is 15.8 Å². The van der Waals surface area contributed by atoms with Gasteiger partial charge < -0.3 is 9.64 Å². The van der Waals surface area contributed by atoms with Crippen molar-refractivity contribution < 1.29 is 17.5 Å². The minimum absolute atomic E-state index is 0.0524. The van der Waals surface area contributed by atoms with Crippen LogP contribution in [0, 0.1) is 5.82 Å². The Hall–Kier alpha value is -1.18. The molecule has 7 heteroatoms. The van der Waals surface area contributed by atoms with E-state index >= 15 is 0 Å². The molecule has 0 aliphatic heterocycles. The van der Waals surface area contributed by atoms with Crippen molar-refractivity contribution in [3.63, 3.8) is 0 Å². The van der Waals surface area contributed by atoms with E-state index in [1.165, 1.54) is 12.1 Å². The number of halogens is 1. The van der Waals surface area contributed by atoms with Crippen molar-refractivity contribution in [2.45, 2.75) is 31.3 Å². The first-order valence-corrected chi connectivity index (χ1v) is 8.31. The van der Waals surface area contributed by atoms with Crippen LogP contribution in [-0.2, 0) is 10.0 Å². The molecule has 0 radical (unpaired) electrons. The number of benzene rings is 1. The molecular weight excluding hydrogens is 295 g/mol. The number of nitrogens with one attached hydrogen (secondary N) is 1. The fourth-order valence-electron chi connectivity index (χ4n) is 1.68. The van der Waals surface area contributed by atoms with Gasteiger partial charge in [0.05, 0.1) is 11.0 Å². The summed E-state index contributed by atoms with van der Waals surface area (Å²) in [7, 11) is 0.138. The minimum Gasteiger partial charge on any atom is -0.488 e. The lowest BCUT2D eigenvalue weighted by Gasteiger charge is -2.13. The second-order valence-corrected chi connectivity index (χ2v) is 7.08. The van der Waals surface area contributed by atoms with Gasteiger partial charge in [-0.05, 0) is 59.1 Å². The van der Waals surface area contributed by atoms with Gasteiger partial charge in [0, 0.05) is 6.54 Å². The molecule has 1 aromatic rings. The van der Waals surface area contributed by atoms with Crippen LogP contribution < -0.4 is 9.46 Å². The lowest BCUT2D eigenvalue weighted by atomic mass is 10.3. The number of hydrogen-bond acceptors (Lipinski definition) is 4. The highest BCUT2D eigenvalue weighted by atomic mass is 32.2. The summed E-state index contributed by atoms with van der Waals surface area (Å²) in [5.74, 6) is -0.628. The first-order chi connectivity index (χ1) is 9.72. The first kappa shape index (κ1) is 17.9. The molecule has 5 nitrogen and oxygen atoms in total. The van der Waals surface area contributed by atoms with Crippen molar-refractivity contribution in [1.29, 1.82) is 0 Å². The molecule has 0 amide bonds. The highest BCUT2D eigenvalue weighted by Crippen LogP contribution is 2.22. The molecule has 120 valence electrons. The van der Waals surface area contributed by atoms with Gasteiger partial charge in [0.2, 0.25) is 10.0 Å². The van der Waals surface area contributed by atoms with Gasteiger partial charge >= 0.3 is 0 Å². The highest BCUT2D eigenvalue weighted by molar-refractivity contribution is 7.89. The van der Waals surface area contributed by atoms with Gasteiger partial charge in [0.1, 0.15) is 0 Å². The molecule has 0 aliphatic rings. The summed E-state index contributed by atoms with van der Waals surface area (Å²) in [5.41, 5.74) is 0. The lowest BCUT2D eigenvalue weighted by molar-refractivity contribution is 0.231. The summed E-state index contributed by atoms with van der Waals surface area (Å²) in [6.45, 7) is 4.64. The van der Waals surface area contributed by atoms with Crippen LogP contribution in [0.1, 0.15) is 20.3 Å². The quantitative estimate of drug-likeness (QED) is 0.743. The normalized spacial score (nSPS) is 12.1. The average Bonchev–Trinajstić information content (AvgIpc) is 2.36. The molecule has 0 spiro atoms. The Kier molecular flexibility index (Phi) is 6.57. The van der Waals surface area contributed by atoms with E-state index in [-0.39, 0.29) is 16.7 Å². The maximum absolute atomic E-state index is 13.8. The minimum atomic E-state index is -3.69. The zero-order valence-electron chi connectivity index (χ0n) is 12.9. The molecule has 0 saturated heterocycles. The third kappa shape index (κ3) is 5.99. The Bertz CT molecular complexity index is 559. The number of nitrogens with zero attached hydrogens (tertiary/aromatic N) is 1. The van der Waals surface area contributed by atoms with Crippen molar-refractivity contribution in [2.24, 2.45) is 0 Å². The van der Waals surface area contributed by atoms with Crippen molar-refractivity contribution in [1.82, 2.24) is 9.62 Å². The van der Waals surface area contributed by atoms with Crippen molar-refractivity contribution >= 4 is 10.0 Å². The van der Waals surface area contributed by atoms with Crippen LogP contribution in [0.5, 0.6) is 5.75 Å². The van der Waals surface area contributed by atoms with Crippen molar-refractivity contribution in [3.05, 3.63) is 24.0 Å². The Balaban J connectivity index is 2.73. The predicted octanol–water partition coefficient (Wildman–Crippen LogP) is 1.84. The van der Waals surface area contributed by atoms with E-state index in [0.29, 0.717) is 13.0 Å². The van der Waals surface area contributed by atoms with Crippen LogP contribution in [0.4, 0.5) is 4.39 Å². The Morgan fingerprint density at radius 1 is 1.33 bits per heavy atom. The van der Waals surface area contributed by atoms with E-state index in [4.69, 9.17) is 4.74 Å². The van der Waals surface area contributed by atoms with Crippen LogP contribution in [0.3, 0.4) is 0 Å². The smallest absolute Gasteiger partial charge is 0.240 e.